The number of H-pyrrole nitrogens is 1. The SMILES string of the molecule is O=C(Nc1ccccc1-c1ccc(F)c(F)c1F)Nc1[nH]ncc1C1CCC1. The number of halogens is 3. The number of hydrogen-bond acceptors (Lipinski definition) is 2. The third-order valence-electron chi connectivity index (χ3n) is 4.95. The highest BCUT2D eigenvalue weighted by Gasteiger charge is 2.24. The molecule has 3 aromatic rings. The average Bonchev–Trinajstić information content (AvgIpc) is 3.07. The van der Waals surface area contributed by atoms with E-state index in [2.05, 4.69) is 20.8 Å². The van der Waals surface area contributed by atoms with Gasteiger partial charge in [0.2, 0.25) is 0 Å². The van der Waals surface area contributed by atoms with Crippen molar-refractivity contribution in [1.82, 2.24) is 10.2 Å². The second-order valence-corrected chi connectivity index (χ2v) is 6.68. The Labute approximate surface area is 159 Å². The van der Waals surface area contributed by atoms with Crippen molar-refractivity contribution in [3.8, 4) is 11.1 Å². The molecule has 144 valence electrons. The van der Waals surface area contributed by atoms with Gasteiger partial charge in [-0.15, -0.1) is 0 Å². The van der Waals surface area contributed by atoms with Crippen LogP contribution in [0.2, 0.25) is 0 Å². The van der Waals surface area contributed by atoms with Gasteiger partial charge in [0.05, 0.1) is 11.9 Å². The van der Waals surface area contributed by atoms with Crippen molar-refractivity contribution in [3.05, 3.63) is 65.6 Å². The van der Waals surface area contributed by atoms with Crippen LogP contribution in [0.3, 0.4) is 0 Å². The van der Waals surface area contributed by atoms with Crippen molar-refractivity contribution in [2.24, 2.45) is 0 Å². The average molecular weight is 386 g/mol. The molecule has 1 aromatic heterocycles. The van der Waals surface area contributed by atoms with E-state index < -0.39 is 23.5 Å². The number of carbonyl (C=O) groups is 1. The lowest BCUT2D eigenvalue weighted by atomic mass is 9.81. The van der Waals surface area contributed by atoms with Crippen molar-refractivity contribution < 1.29 is 18.0 Å². The summed E-state index contributed by atoms with van der Waals surface area (Å²) in [5.74, 6) is -3.25. The number of urea groups is 1. The van der Waals surface area contributed by atoms with Crippen LogP contribution in [-0.4, -0.2) is 16.2 Å². The molecule has 0 spiro atoms. The van der Waals surface area contributed by atoms with E-state index in [9.17, 15) is 18.0 Å². The topological polar surface area (TPSA) is 69.8 Å². The zero-order chi connectivity index (χ0) is 19.7. The Morgan fingerprint density at radius 2 is 1.79 bits per heavy atom. The minimum absolute atomic E-state index is 0.147. The first-order chi connectivity index (χ1) is 13.5. The summed E-state index contributed by atoms with van der Waals surface area (Å²) < 4.78 is 41.1. The molecule has 28 heavy (non-hydrogen) atoms. The molecular weight excluding hydrogens is 369 g/mol. The highest BCUT2D eigenvalue weighted by molar-refractivity contribution is 6.02. The molecule has 1 saturated carbocycles. The summed E-state index contributed by atoms with van der Waals surface area (Å²) in [5.41, 5.74) is 1.29. The van der Waals surface area contributed by atoms with Crippen molar-refractivity contribution in [2.45, 2.75) is 25.2 Å². The van der Waals surface area contributed by atoms with Crippen LogP contribution in [0.15, 0.2) is 42.6 Å². The van der Waals surface area contributed by atoms with Crippen LogP contribution in [0.1, 0.15) is 30.7 Å². The van der Waals surface area contributed by atoms with Gasteiger partial charge in [-0.3, -0.25) is 10.4 Å². The normalized spacial score (nSPS) is 13.8. The number of nitrogens with one attached hydrogen (secondary N) is 3. The molecule has 3 N–H and O–H groups in total. The first-order valence-corrected chi connectivity index (χ1v) is 8.88. The van der Waals surface area contributed by atoms with E-state index in [-0.39, 0.29) is 16.8 Å². The van der Waals surface area contributed by atoms with Gasteiger partial charge in [-0.2, -0.15) is 5.10 Å². The Kier molecular flexibility index (Phi) is 4.77. The molecule has 0 bridgehead atoms. The minimum atomic E-state index is -1.56. The third kappa shape index (κ3) is 3.33. The molecule has 4 rings (SSSR count). The summed E-state index contributed by atoms with van der Waals surface area (Å²) in [6.45, 7) is 0. The van der Waals surface area contributed by atoms with E-state index in [1.807, 2.05) is 0 Å². The van der Waals surface area contributed by atoms with Crippen molar-refractivity contribution >= 4 is 17.5 Å². The van der Waals surface area contributed by atoms with Crippen LogP contribution >= 0.6 is 0 Å². The first kappa shape index (κ1) is 18.1. The molecule has 1 fully saturated rings. The van der Waals surface area contributed by atoms with Crippen LogP contribution < -0.4 is 10.6 Å². The van der Waals surface area contributed by atoms with Crippen molar-refractivity contribution in [1.29, 1.82) is 0 Å². The number of benzene rings is 2. The quantitative estimate of drug-likeness (QED) is 0.525. The number of aromatic nitrogens is 2. The van der Waals surface area contributed by atoms with Crippen molar-refractivity contribution in [3.63, 3.8) is 0 Å². The van der Waals surface area contributed by atoms with E-state index in [1.54, 1.807) is 24.4 Å². The minimum Gasteiger partial charge on any atom is -0.307 e. The molecule has 8 heteroatoms. The monoisotopic (exact) mass is 386 g/mol. The van der Waals surface area contributed by atoms with Gasteiger partial charge in [0, 0.05) is 16.7 Å². The van der Waals surface area contributed by atoms with Gasteiger partial charge in [0.25, 0.3) is 0 Å². The molecule has 1 aliphatic rings. The lowest BCUT2D eigenvalue weighted by Crippen LogP contribution is -2.22. The van der Waals surface area contributed by atoms with Crippen LogP contribution in [0, 0.1) is 17.5 Å². The second kappa shape index (κ2) is 7.38. The highest BCUT2D eigenvalue weighted by Crippen LogP contribution is 2.39. The standard InChI is InChI=1S/C20H17F3N4O/c21-15-9-8-13(17(22)18(15)23)12-6-1-2-7-16(12)25-20(28)26-19-14(10-24-27-19)11-4-3-5-11/h1-2,6-11H,3-5H2,(H3,24,25,26,27,28). The van der Waals surface area contributed by atoms with Crippen LogP contribution in [0.4, 0.5) is 29.5 Å². The molecule has 5 nitrogen and oxygen atoms in total. The molecule has 0 aliphatic heterocycles. The molecule has 0 radical (unpaired) electrons. The van der Waals surface area contributed by atoms with Gasteiger partial charge in [0.1, 0.15) is 5.82 Å². The van der Waals surface area contributed by atoms with Crippen LogP contribution in [0.5, 0.6) is 0 Å². The summed E-state index contributed by atoms with van der Waals surface area (Å²) in [7, 11) is 0. The lowest BCUT2D eigenvalue weighted by molar-refractivity contribution is 0.262. The number of hydrogen-bond donors (Lipinski definition) is 3. The molecule has 1 aliphatic carbocycles. The van der Waals surface area contributed by atoms with E-state index in [0.29, 0.717) is 11.7 Å². The molecule has 2 aromatic carbocycles. The molecule has 0 saturated heterocycles. The summed E-state index contributed by atoms with van der Waals surface area (Å²) in [5, 5.41) is 12.1. The predicted molar refractivity (Wildman–Crippen MR) is 99.6 cm³/mol. The molecule has 0 unspecified atom stereocenters. The van der Waals surface area contributed by atoms with Crippen molar-refractivity contribution in [2.75, 3.05) is 10.6 Å². The summed E-state index contributed by atoms with van der Waals surface area (Å²) in [6.07, 6.45) is 4.95. The Bertz CT molecular complexity index is 1030. The number of amides is 2. The Morgan fingerprint density at radius 1 is 1.00 bits per heavy atom. The maximum absolute atomic E-state index is 14.2. The second-order valence-electron chi connectivity index (χ2n) is 6.68. The number of aromatic amines is 1. The summed E-state index contributed by atoms with van der Waals surface area (Å²) in [4.78, 5) is 12.5. The Morgan fingerprint density at radius 3 is 2.54 bits per heavy atom. The molecular formula is C20H17F3N4O. The summed E-state index contributed by atoms with van der Waals surface area (Å²) >= 11 is 0. The number of rotatable bonds is 4. The molecule has 2 amide bonds. The van der Waals surface area contributed by atoms with Gasteiger partial charge in [-0.25, -0.2) is 18.0 Å². The van der Waals surface area contributed by atoms with Gasteiger partial charge in [0.15, 0.2) is 17.5 Å². The smallest absolute Gasteiger partial charge is 0.307 e. The van der Waals surface area contributed by atoms with E-state index in [1.165, 1.54) is 6.07 Å². The summed E-state index contributed by atoms with van der Waals surface area (Å²) in [6, 6.07) is 7.75. The molecule has 1 heterocycles. The fourth-order valence-electron chi connectivity index (χ4n) is 3.25. The number of anilines is 2. The van der Waals surface area contributed by atoms with E-state index >= 15 is 0 Å². The van der Waals surface area contributed by atoms with Crippen LogP contribution in [0.25, 0.3) is 11.1 Å². The Balaban J connectivity index is 1.57. The maximum atomic E-state index is 14.2. The number of para-hydroxylation sites is 1. The zero-order valence-corrected chi connectivity index (χ0v) is 14.7. The maximum Gasteiger partial charge on any atom is 0.324 e. The number of carbonyl (C=O) groups excluding carboxylic acids is 1. The first-order valence-electron chi connectivity index (χ1n) is 8.88. The predicted octanol–water partition coefficient (Wildman–Crippen LogP) is 5.41. The third-order valence-corrected chi connectivity index (χ3v) is 4.95. The molecule has 0 atom stereocenters. The van der Waals surface area contributed by atoms with Gasteiger partial charge < -0.3 is 5.32 Å². The number of nitrogens with zero attached hydrogens (tertiary/aromatic N) is 1. The van der Waals surface area contributed by atoms with Gasteiger partial charge >= 0.3 is 6.03 Å². The zero-order valence-electron chi connectivity index (χ0n) is 14.7. The van der Waals surface area contributed by atoms with Crippen LogP contribution in [-0.2, 0) is 0 Å². The highest BCUT2D eigenvalue weighted by atomic mass is 19.2. The fourth-order valence-corrected chi connectivity index (χ4v) is 3.25. The van der Waals surface area contributed by atoms with E-state index in [0.717, 1.165) is 37.0 Å². The van der Waals surface area contributed by atoms with E-state index in [4.69, 9.17) is 0 Å². The van der Waals surface area contributed by atoms with Gasteiger partial charge in [-0.05, 0) is 37.0 Å². The fraction of sp³-hybridized carbons (Fsp3) is 0.200. The Hall–Kier alpha value is -3.29. The van der Waals surface area contributed by atoms with Gasteiger partial charge in [-0.1, -0.05) is 24.6 Å². The largest absolute Gasteiger partial charge is 0.324 e. The lowest BCUT2D eigenvalue weighted by Gasteiger charge is -2.25.